The van der Waals surface area contributed by atoms with Crippen molar-refractivity contribution in [1.29, 1.82) is 0 Å². The van der Waals surface area contributed by atoms with Gasteiger partial charge in [-0.2, -0.15) is 0 Å². The summed E-state index contributed by atoms with van der Waals surface area (Å²) < 4.78 is 27.0. The minimum absolute atomic E-state index is 0.00305. The number of H-pyrrole nitrogens is 1. The van der Waals surface area contributed by atoms with E-state index >= 15 is 0 Å². The Morgan fingerprint density at radius 2 is 1.88 bits per heavy atom. The molecule has 10 nitrogen and oxygen atoms in total. The lowest BCUT2D eigenvalue weighted by atomic mass is 10.2. The summed E-state index contributed by atoms with van der Waals surface area (Å²) in [4.78, 5) is 33.2. The molecule has 160 valence electrons. The minimum atomic E-state index is -4.37. The van der Waals surface area contributed by atoms with Crippen molar-refractivity contribution in [2.45, 2.75) is 5.25 Å². The Balaban J connectivity index is 1.94. The van der Waals surface area contributed by atoms with Crippen molar-refractivity contribution in [3.63, 3.8) is 0 Å². The minimum Gasteiger partial charge on any atom is -0.329 e. The van der Waals surface area contributed by atoms with Gasteiger partial charge < -0.3 is 4.98 Å². The van der Waals surface area contributed by atoms with Gasteiger partial charge in [-0.15, -0.1) is 0 Å². The van der Waals surface area contributed by atoms with Gasteiger partial charge in [0.2, 0.25) is 10.0 Å². The fourth-order valence-electron chi connectivity index (χ4n) is 3.59. The van der Waals surface area contributed by atoms with Gasteiger partial charge in [0.05, 0.1) is 28.6 Å². The maximum atomic E-state index is 13.5. The number of hydrogen-bond donors (Lipinski definition) is 2. The molecule has 0 bridgehead atoms. The lowest BCUT2D eigenvalue weighted by Crippen LogP contribution is -2.32. The Morgan fingerprint density at radius 1 is 1.06 bits per heavy atom. The number of aromatic nitrogens is 6. The molecule has 32 heavy (non-hydrogen) atoms. The van der Waals surface area contributed by atoms with Gasteiger partial charge in [-0.3, -0.25) is 9.36 Å². The average molecular weight is 468 g/mol. The summed E-state index contributed by atoms with van der Waals surface area (Å²) in [5.41, 5.74) is 0.682. The number of halogens is 1. The number of nitrogens with one attached hydrogen (secondary N) is 1. The zero-order valence-electron chi connectivity index (χ0n) is 16.2. The number of imidazole rings is 1. The van der Waals surface area contributed by atoms with Crippen molar-refractivity contribution in [1.82, 2.24) is 29.5 Å². The lowest BCUT2D eigenvalue weighted by Gasteiger charge is -2.20. The normalized spacial score (nSPS) is 12.9. The van der Waals surface area contributed by atoms with Gasteiger partial charge in [-0.25, -0.2) is 33.5 Å². The highest BCUT2D eigenvalue weighted by molar-refractivity contribution is 7.89. The molecule has 1 atom stereocenters. The maximum Gasteiger partial charge on any atom is 0.266 e. The third-order valence-electron chi connectivity index (χ3n) is 4.92. The van der Waals surface area contributed by atoms with Crippen molar-refractivity contribution in [3.05, 3.63) is 88.1 Å². The van der Waals surface area contributed by atoms with E-state index in [9.17, 15) is 13.2 Å². The number of para-hydroxylation sites is 1. The van der Waals surface area contributed by atoms with Gasteiger partial charge in [0, 0.05) is 5.02 Å². The SMILES string of the molecule is NS(=O)(=O)C(c1ncnc2[nH]cnc12)c1nc2ccccc2c(=O)n1-c1cccc(Cl)c1. The van der Waals surface area contributed by atoms with Crippen molar-refractivity contribution in [2.75, 3.05) is 0 Å². The molecule has 0 fully saturated rings. The summed E-state index contributed by atoms with van der Waals surface area (Å²) in [5.74, 6) is -0.138. The van der Waals surface area contributed by atoms with Crippen molar-refractivity contribution >= 4 is 43.7 Å². The number of nitrogens with zero attached hydrogens (tertiary/aromatic N) is 5. The Kier molecular flexibility index (Phi) is 4.73. The first-order valence-corrected chi connectivity index (χ1v) is 11.3. The second-order valence-electron chi connectivity index (χ2n) is 6.94. The van der Waals surface area contributed by atoms with E-state index in [4.69, 9.17) is 16.7 Å². The lowest BCUT2D eigenvalue weighted by molar-refractivity contribution is 0.585. The molecule has 5 rings (SSSR count). The van der Waals surface area contributed by atoms with Crippen LogP contribution in [0.1, 0.15) is 16.8 Å². The highest BCUT2D eigenvalue weighted by Crippen LogP contribution is 2.31. The van der Waals surface area contributed by atoms with Crippen LogP contribution in [-0.2, 0) is 10.0 Å². The highest BCUT2D eigenvalue weighted by atomic mass is 35.5. The van der Waals surface area contributed by atoms with Crippen LogP contribution in [0.3, 0.4) is 0 Å². The Morgan fingerprint density at radius 3 is 2.66 bits per heavy atom. The molecule has 12 heteroatoms. The molecule has 0 amide bonds. The molecule has 1 unspecified atom stereocenters. The number of hydrogen-bond acceptors (Lipinski definition) is 7. The quantitative estimate of drug-likeness (QED) is 0.410. The van der Waals surface area contributed by atoms with Crippen LogP contribution >= 0.6 is 11.6 Å². The summed E-state index contributed by atoms with van der Waals surface area (Å²) in [6.07, 6.45) is 2.55. The number of rotatable bonds is 4. The topological polar surface area (TPSA) is 150 Å². The summed E-state index contributed by atoms with van der Waals surface area (Å²) in [6.45, 7) is 0. The summed E-state index contributed by atoms with van der Waals surface area (Å²) in [6, 6.07) is 13.1. The molecule has 2 aromatic carbocycles. The van der Waals surface area contributed by atoms with E-state index in [1.165, 1.54) is 23.3 Å². The number of nitrogens with two attached hydrogens (primary N) is 1. The fourth-order valence-corrected chi connectivity index (χ4v) is 4.71. The largest absolute Gasteiger partial charge is 0.329 e. The van der Waals surface area contributed by atoms with E-state index < -0.39 is 20.8 Å². The van der Waals surface area contributed by atoms with Crippen LogP contribution in [0.5, 0.6) is 0 Å². The zero-order valence-corrected chi connectivity index (χ0v) is 17.7. The molecule has 0 aliphatic heterocycles. The van der Waals surface area contributed by atoms with Crippen molar-refractivity contribution < 1.29 is 8.42 Å². The molecule has 0 spiro atoms. The van der Waals surface area contributed by atoms with Gasteiger partial charge in [-0.05, 0) is 30.3 Å². The highest BCUT2D eigenvalue weighted by Gasteiger charge is 2.35. The molecule has 0 saturated carbocycles. The van der Waals surface area contributed by atoms with Crippen molar-refractivity contribution in [3.8, 4) is 5.69 Å². The Bertz CT molecular complexity index is 1660. The molecule has 5 aromatic rings. The third kappa shape index (κ3) is 3.32. The number of sulfonamides is 1. The van der Waals surface area contributed by atoms with E-state index in [0.717, 1.165) is 0 Å². The second kappa shape index (κ2) is 7.48. The van der Waals surface area contributed by atoms with Crippen LogP contribution in [0, 0.1) is 0 Å². The predicted octanol–water partition coefficient (Wildman–Crippen LogP) is 2.08. The number of benzene rings is 2. The van der Waals surface area contributed by atoms with Crippen LogP contribution in [0.25, 0.3) is 27.8 Å². The average Bonchev–Trinajstić information content (AvgIpc) is 3.23. The first-order valence-electron chi connectivity index (χ1n) is 9.28. The molecule has 0 aliphatic carbocycles. The maximum absolute atomic E-state index is 13.5. The first kappa shape index (κ1) is 20.2. The van der Waals surface area contributed by atoms with E-state index in [0.29, 0.717) is 27.3 Å². The smallest absolute Gasteiger partial charge is 0.266 e. The summed E-state index contributed by atoms with van der Waals surface area (Å²) in [5, 5.41) is 4.72. The van der Waals surface area contributed by atoms with Crippen LogP contribution in [0.2, 0.25) is 5.02 Å². The van der Waals surface area contributed by atoms with Gasteiger partial charge in [0.15, 0.2) is 10.9 Å². The standard InChI is InChI=1S/C20H14ClN7O3S/c21-11-4-3-5-12(8-11)28-19(27-14-7-2-1-6-13(14)20(28)29)17(32(22,30)31)15-16-18(25-9-23-15)26-10-24-16/h1-10,17H,(H2,22,30,31)(H,23,24,25,26). The zero-order chi connectivity index (χ0) is 22.5. The molecule has 3 aromatic heterocycles. The molecular weight excluding hydrogens is 454 g/mol. The van der Waals surface area contributed by atoms with Crippen LogP contribution in [0.15, 0.2) is 66.0 Å². The van der Waals surface area contributed by atoms with Gasteiger partial charge in [0.25, 0.3) is 5.56 Å². The van der Waals surface area contributed by atoms with Crippen LogP contribution in [-0.4, -0.2) is 37.9 Å². The van der Waals surface area contributed by atoms with E-state index in [1.54, 1.807) is 42.5 Å². The molecule has 3 N–H and O–H groups in total. The predicted molar refractivity (Wildman–Crippen MR) is 119 cm³/mol. The Hall–Kier alpha value is -3.67. The molecule has 0 saturated heterocycles. The molecule has 3 heterocycles. The fraction of sp³-hybridized carbons (Fsp3) is 0.0500. The van der Waals surface area contributed by atoms with E-state index in [1.807, 2.05) is 0 Å². The van der Waals surface area contributed by atoms with Gasteiger partial charge >= 0.3 is 0 Å². The monoisotopic (exact) mass is 467 g/mol. The molecule has 0 aliphatic rings. The van der Waals surface area contributed by atoms with Gasteiger partial charge in [-0.1, -0.05) is 29.8 Å². The number of aromatic amines is 1. The third-order valence-corrected chi connectivity index (χ3v) is 6.25. The molecule has 0 radical (unpaired) electrons. The van der Waals surface area contributed by atoms with E-state index in [2.05, 4.69) is 24.9 Å². The number of fused-ring (bicyclic) bond motifs is 2. The number of primary sulfonamides is 1. The summed E-state index contributed by atoms with van der Waals surface area (Å²) in [7, 11) is -4.37. The molecular formula is C20H14ClN7O3S. The van der Waals surface area contributed by atoms with Crippen LogP contribution < -0.4 is 10.7 Å². The second-order valence-corrected chi connectivity index (χ2v) is 9.02. The van der Waals surface area contributed by atoms with Gasteiger partial charge in [0.1, 0.15) is 17.7 Å². The van der Waals surface area contributed by atoms with E-state index in [-0.39, 0.29) is 17.0 Å². The first-order chi connectivity index (χ1) is 15.3. The summed E-state index contributed by atoms with van der Waals surface area (Å²) >= 11 is 6.15. The van der Waals surface area contributed by atoms with Crippen molar-refractivity contribution in [2.24, 2.45) is 5.14 Å². The van der Waals surface area contributed by atoms with Crippen LogP contribution in [0.4, 0.5) is 0 Å². The Labute approximate surface area is 185 Å².